The molecule has 0 saturated carbocycles. The van der Waals surface area contributed by atoms with Crippen molar-refractivity contribution in [3.05, 3.63) is 63.6 Å². The highest BCUT2D eigenvalue weighted by atomic mass is 35.5. The number of rotatable bonds is 4. The van der Waals surface area contributed by atoms with Crippen molar-refractivity contribution in [1.29, 1.82) is 0 Å². The van der Waals surface area contributed by atoms with E-state index in [0.717, 1.165) is 0 Å². The molecule has 0 bridgehead atoms. The minimum Gasteiger partial charge on any atom is -0.427 e. The van der Waals surface area contributed by atoms with Crippen molar-refractivity contribution in [2.45, 2.75) is 25.8 Å². The van der Waals surface area contributed by atoms with Crippen LogP contribution >= 0.6 is 23.2 Å². The van der Waals surface area contributed by atoms with Crippen LogP contribution in [0, 0.1) is 0 Å². The SMILES string of the molecule is CC(=O)Oc1cccc(C(=O)N2CCC(NC(=O)c3ccc(Cl)c(Cl)c3)CC2)c1. The summed E-state index contributed by atoms with van der Waals surface area (Å²) in [5.74, 6) is -0.448. The third-order valence-electron chi connectivity index (χ3n) is 4.64. The molecular formula is C21H20Cl2N2O4. The van der Waals surface area contributed by atoms with Gasteiger partial charge in [0.05, 0.1) is 10.0 Å². The largest absolute Gasteiger partial charge is 0.427 e. The van der Waals surface area contributed by atoms with Gasteiger partial charge in [-0.15, -0.1) is 0 Å². The Morgan fingerprint density at radius 3 is 2.38 bits per heavy atom. The standard InChI is InChI=1S/C21H20Cl2N2O4/c1-13(26)29-17-4-2-3-15(11-17)21(28)25-9-7-16(8-10-25)24-20(27)14-5-6-18(22)19(23)12-14/h2-6,11-12,16H,7-10H2,1H3,(H,24,27). The van der Waals surface area contributed by atoms with Crippen molar-refractivity contribution < 1.29 is 19.1 Å². The molecule has 1 N–H and O–H groups in total. The summed E-state index contributed by atoms with van der Waals surface area (Å²) in [4.78, 5) is 38.0. The average molecular weight is 435 g/mol. The Hall–Kier alpha value is -2.57. The molecule has 8 heteroatoms. The van der Waals surface area contributed by atoms with E-state index in [0.29, 0.717) is 52.9 Å². The molecule has 152 valence electrons. The number of nitrogens with zero attached hydrogens (tertiary/aromatic N) is 1. The molecule has 0 radical (unpaired) electrons. The molecule has 1 saturated heterocycles. The number of likely N-dealkylation sites (tertiary alicyclic amines) is 1. The van der Waals surface area contributed by atoms with Gasteiger partial charge in [-0.2, -0.15) is 0 Å². The molecule has 1 fully saturated rings. The first-order valence-corrected chi connectivity index (χ1v) is 9.93. The Morgan fingerprint density at radius 2 is 1.72 bits per heavy atom. The van der Waals surface area contributed by atoms with Crippen molar-refractivity contribution in [2.24, 2.45) is 0 Å². The van der Waals surface area contributed by atoms with Gasteiger partial charge in [-0.3, -0.25) is 14.4 Å². The van der Waals surface area contributed by atoms with Gasteiger partial charge < -0.3 is 15.0 Å². The maximum absolute atomic E-state index is 12.7. The Bertz CT molecular complexity index is 940. The predicted molar refractivity (Wildman–Crippen MR) is 111 cm³/mol. The predicted octanol–water partition coefficient (Wildman–Crippen LogP) is 3.95. The summed E-state index contributed by atoms with van der Waals surface area (Å²) in [6.07, 6.45) is 1.28. The van der Waals surface area contributed by atoms with E-state index in [4.69, 9.17) is 27.9 Å². The lowest BCUT2D eigenvalue weighted by Gasteiger charge is -2.32. The number of amides is 2. The quantitative estimate of drug-likeness (QED) is 0.583. The molecule has 0 aromatic heterocycles. The number of carbonyl (C=O) groups is 3. The molecule has 0 unspecified atom stereocenters. The molecule has 0 aliphatic carbocycles. The van der Waals surface area contributed by atoms with Gasteiger partial charge in [-0.05, 0) is 49.2 Å². The summed E-state index contributed by atoms with van der Waals surface area (Å²) in [5, 5.41) is 3.70. The average Bonchev–Trinajstić information content (AvgIpc) is 2.69. The lowest BCUT2D eigenvalue weighted by Crippen LogP contribution is -2.46. The van der Waals surface area contributed by atoms with E-state index < -0.39 is 5.97 Å². The van der Waals surface area contributed by atoms with Gasteiger partial charge in [0.15, 0.2) is 0 Å². The summed E-state index contributed by atoms with van der Waals surface area (Å²) in [6.45, 7) is 2.34. The number of esters is 1. The van der Waals surface area contributed by atoms with Gasteiger partial charge >= 0.3 is 5.97 Å². The summed E-state index contributed by atoms with van der Waals surface area (Å²) in [6, 6.07) is 11.3. The molecule has 2 aromatic rings. The second-order valence-corrected chi connectivity index (χ2v) is 7.60. The second-order valence-electron chi connectivity index (χ2n) is 6.79. The zero-order valence-electron chi connectivity index (χ0n) is 15.8. The van der Waals surface area contributed by atoms with E-state index in [-0.39, 0.29) is 17.9 Å². The number of hydrogen-bond donors (Lipinski definition) is 1. The normalized spacial score (nSPS) is 14.4. The van der Waals surface area contributed by atoms with Gasteiger partial charge in [0.25, 0.3) is 11.8 Å². The number of halogens is 2. The fraction of sp³-hybridized carbons (Fsp3) is 0.286. The minimum atomic E-state index is -0.437. The van der Waals surface area contributed by atoms with E-state index in [1.54, 1.807) is 41.3 Å². The Kier molecular flexibility index (Phi) is 6.77. The van der Waals surface area contributed by atoms with Crippen molar-refractivity contribution in [3.8, 4) is 5.75 Å². The van der Waals surface area contributed by atoms with Crippen LogP contribution in [-0.2, 0) is 4.79 Å². The van der Waals surface area contributed by atoms with Crippen LogP contribution in [0.25, 0.3) is 0 Å². The zero-order chi connectivity index (χ0) is 21.0. The van der Waals surface area contributed by atoms with Crippen LogP contribution in [0.4, 0.5) is 0 Å². The number of hydrogen-bond acceptors (Lipinski definition) is 4. The van der Waals surface area contributed by atoms with Crippen LogP contribution in [-0.4, -0.2) is 41.8 Å². The van der Waals surface area contributed by atoms with Crippen LogP contribution in [0.5, 0.6) is 5.75 Å². The van der Waals surface area contributed by atoms with Gasteiger partial charge in [0.1, 0.15) is 5.75 Å². The van der Waals surface area contributed by atoms with Crippen LogP contribution in [0.3, 0.4) is 0 Å². The Morgan fingerprint density at radius 1 is 1.00 bits per heavy atom. The highest BCUT2D eigenvalue weighted by Crippen LogP contribution is 2.23. The number of piperidine rings is 1. The number of carbonyl (C=O) groups excluding carboxylic acids is 3. The van der Waals surface area contributed by atoms with Gasteiger partial charge in [0.2, 0.25) is 0 Å². The molecular weight excluding hydrogens is 415 g/mol. The first kappa shape index (κ1) is 21.1. The smallest absolute Gasteiger partial charge is 0.308 e. The molecule has 1 aliphatic rings. The first-order valence-electron chi connectivity index (χ1n) is 9.17. The molecule has 1 aliphatic heterocycles. The van der Waals surface area contributed by atoms with Crippen molar-refractivity contribution in [1.82, 2.24) is 10.2 Å². The monoisotopic (exact) mass is 434 g/mol. The molecule has 3 rings (SSSR count). The zero-order valence-corrected chi connectivity index (χ0v) is 17.3. The molecule has 2 amide bonds. The van der Waals surface area contributed by atoms with Gasteiger partial charge in [0, 0.05) is 37.2 Å². The minimum absolute atomic E-state index is 0.0339. The van der Waals surface area contributed by atoms with Gasteiger partial charge in [-0.25, -0.2) is 0 Å². The lowest BCUT2D eigenvalue weighted by atomic mass is 10.0. The molecule has 0 spiro atoms. The van der Waals surface area contributed by atoms with Crippen LogP contribution in [0.15, 0.2) is 42.5 Å². The molecule has 1 heterocycles. The molecule has 2 aromatic carbocycles. The van der Waals surface area contributed by atoms with Crippen molar-refractivity contribution in [2.75, 3.05) is 13.1 Å². The fourth-order valence-electron chi connectivity index (χ4n) is 3.17. The summed E-state index contributed by atoms with van der Waals surface area (Å²) < 4.78 is 5.04. The maximum atomic E-state index is 12.7. The Labute approximate surface area is 178 Å². The summed E-state index contributed by atoms with van der Waals surface area (Å²) >= 11 is 11.9. The van der Waals surface area contributed by atoms with Crippen LogP contribution < -0.4 is 10.1 Å². The third kappa shape index (κ3) is 5.49. The number of benzene rings is 2. The van der Waals surface area contributed by atoms with E-state index in [1.807, 2.05) is 0 Å². The number of ether oxygens (including phenoxy) is 1. The second kappa shape index (κ2) is 9.29. The van der Waals surface area contributed by atoms with Gasteiger partial charge in [-0.1, -0.05) is 29.3 Å². The lowest BCUT2D eigenvalue weighted by molar-refractivity contribution is -0.131. The van der Waals surface area contributed by atoms with E-state index in [9.17, 15) is 14.4 Å². The van der Waals surface area contributed by atoms with E-state index >= 15 is 0 Å². The van der Waals surface area contributed by atoms with Crippen molar-refractivity contribution in [3.63, 3.8) is 0 Å². The molecule has 29 heavy (non-hydrogen) atoms. The first-order chi connectivity index (χ1) is 13.8. The van der Waals surface area contributed by atoms with Crippen LogP contribution in [0.2, 0.25) is 10.0 Å². The highest BCUT2D eigenvalue weighted by molar-refractivity contribution is 6.42. The third-order valence-corrected chi connectivity index (χ3v) is 5.38. The maximum Gasteiger partial charge on any atom is 0.308 e. The fourth-order valence-corrected chi connectivity index (χ4v) is 3.47. The van der Waals surface area contributed by atoms with E-state index in [1.165, 1.54) is 13.0 Å². The number of nitrogens with one attached hydrogen (secondary N) is 1. The molecule has 6 nitrogen and oxygen atoms in total. The Balaban J connectivity index is 1.56. The van der Waals surface area contributed by atoms with Crippen molar-refractivity contribution >= 4 is 41.0 Å². The van der Waals surface area contributed by atoms with Crippen LogP contribution in [0.1, 0.15) is 40.5 Å². The molecule has 0 atom stereocenters. The highest BCUT2D eigenvalue weighted by Gasteiger charge is 2.25. The summed E-state index contributed by atoms with van der Waals surface area (Å²) in [5.41, 5.74) is 0.905. The van der Waals surface area contributed by atoms with E-state index in [2.05, 4.69) is 5.32 Å². The summed E-state index contributed by atoms with van der Waals surface area (Å²) in [7, 11) is 0. The topological polar surface area (TPSA) is 75.7 Å².